The summed E-state index contributed by atoms with van der Waals surface area (Å²) in [5.41, 5.74) is 0.524. The van der Waals surface area contributed by atoms with Crippen LogP contribution in [0.25, 0.3) is 0 Å². The molecule has 1 aromatic rings. The van der Waals surface area contributed by atoms with Gasteiger partial charge in [-0.3, -0.25) is 4.79 Å². The van der Waals surface area contributed by atoms with Crippen LogP contribution in [0.5, 0.6) is 0 Å². The number of rotatable bonds is 1. The molecule has 1 aliphatic rings. The molecule has 1 amide bonds. The van der Waals surface area contributed by atoms with Crippen LogP contribution in [0.2, 0.25) is 0 Å². The molecule has 0 aliphatic carbocycles. The molecule has 82 valence electrons. The molecule has 1 N–H and O–H groups in total. The molecule has 2 rings (SSSR count). The van der Waals surface area contributed by atoms with Crippen LogP contribution in [0.15, 0.2) is 21.4 Å². The van der Waals surface area contributed by atoms with E-state index < -0.39 is 6.10 Å². The Hall–Kier alpha value is -0.810. The van der Waals surface area contributed by atoms with Crippen molar-refractivity contribution in [2.45, 2.75) is 18.9 Å². The van der Waals surface area contributed by atoms with Crippen molar-refractivity contribution in [2.24, 2.45) is 0 Å². The Balaban J connectivity index is 2.07. The molecule has 0 radical (unpaired) electrons. The van der Waals surface area contributed by atoms with Gasteiger partial charge in [0.1, 0.15) is 6.26 Å². The van der Waals surface area contributed by atoms with Gasteiger partial charge in [-0.05, 0) is 28.8 Å². The topological polar surface area (TPSA) is 53.7 Å². The summed E-state index contributed by atoms with van der Waals surface area (Å²) in [5, 5.41) is 9.45. The zero-order valence-electron chi connectivity index (χ0n) is 8.15. The van der Waals surface area contributed by atoms with Gasteiger partial charge in [0.05, 0.1) is 11.7 Å². The van der Waals surface area contributed by atoms with Gasteiger partial charge in [0.15, 0.2) is 4.67 Å². The van der Waals surface area contributed by atoms with Gasteiger partial charge in [0, 0.05) is 19.2 Å². The van der Waals surface area contributed by atoms with E-state index in [0.29, 0.717) is 23.3 Å². The quantitative estimate of drug-likeness (QED) is 0.847. The van der Waals surface area contributed by atoms with Gasteiger partial charge in [-0.25, -0.2) is 0 Å². The third kappa shape index (κ3) is 2.41. The van der Waals surface area contributed by atoms with E-state index in [2.05, 4.69) is 15.9 Å². The van der Waals surface area contributed by atoms with Crippen molar-refractivity contribution in [2.75, 3.05) is 13.1 Å². The van der Waals surface area contributed by atoms with Gasteiger partial charge in [0.2, 0.25) is 0 Å². The van der Waals surface area contributed by atoms with E-state index in [1.807, 2.05) is 0 Å². The van der Waals surface area contributed by atoms with E-state index in [9.17, 15) is 9.90 Å². The second-order valence-corrected chi connectivity index (χ2v) is 4.47. The molecule has 5 heteroatoms. The molecule has 1 saturated heterocycles. The number of carbonyl (C=O) groups excluding carboxylic acids is 1. The van der Waals surface area contributed by atoms with E-state index in [0.717, 1.165) is 12.8 Å². The first-order chi connectivity index (χ1) is 7.16. The summed E-state index contributed by atoms with van der Waals surface area (Å²) >= 11 is 3.15. The van der Waals surface area contributed by atoms with Gasteiger partial charge < -0.3 is 14.4 Å². The highest BCUT2D eigenvalue weighted by molar-refractivity contribution is 9.10. The first kappa shape index (κ1) is 10.7. The number of hydrogen-bond donors (Lipinski definition) is 1. The number of likely N-dealkylation sites (tertiary alicyclic amines) is 1. The third-order valence-electron chi connectivity index (χ3n) is 2.50. The molecule has 1 atom stereocenters. The number of aliphatic hydroxyl groups excluding tert-OH is 1. The molecule has 4 nitrogen and oxygen atoms in total. The van der Waals surface area contributed by atoms with Gasteiger partial charge in [-0.15, -0.1) is 0 Å². The maximum absolute atomic E-state index is 11.9. The van der Waals surface area contributed by atoms with E-state index >= 15 is 0 Å². The molecule has 0 spiro atoms. The highest BCUT2D eigenvalue weighted by Crippen LogP contribution is 2.18. The highest BCUT2D eigenvalue weighted by Gasteiger charge is 2.23. The molecule has 0 bridgehead atoms. The maximum Gasteiger partial charge on any atom is 0.257 e. The van der Waals surface area contributed by atoms with Gasteiger partial charge in [-0.2, -0.15) is 0 Å². The van der Waals surface area contributed by atoms with E-state index in [-0.39, 0.29) is 5.91 Å². The zero-order valence-corrected chi connectivity index (χ0v) is 9.74. The predicted octanol–water partition coefficient (Wildman–Crippen LogP) is 1.64. The van der Waals surface area contributed by atoms with Crippen molar-refractivity contribution in [1.29, 1.82) is 0 Å². The van der Waals surface area contributed by atoms with Gasteiger partial charge in [-0.1, -0.05) is 0 Å². The highest BCUT2D eigenvalue weighted by atomic mass is 79.9. The second kappa shape index (κ2) is 4.37. The fourth-order valence-electron chi connectivity index (χ4n) is 1.74. The van der Waals surface area contributed by atoms with Crippen LogP contribution < -0.4 is 0 Å². The van der Waals surface area contributed by atoms with E-state index in [4.69, 9.17) is 4.42 Å². The lowest BCUT2D eigenvalue weighted by Crippen LogP contribution is -2.42. The number of nitrogens with zero attached hydrogens (tertiary/aromatic N) is 1. The van der Waals surface area contributed by atoms with Crippen LogP contribution in [-0.2, 0) is 0 Å². The Labute approximate surface area is 96.0 Å². The Bertz CT molecular complexity index is 363. The van der Waals surface area contributed by atoms with Gasteiger partial charge >= 0.3 is 0 Å². The van der Waals surface area contributed by atoms with E-state index in [1.165, 1.54) is 6.26 Å². The SMILES string of the molecule is O=C(c1coc(Br)c1)N1CCC[C@H](O)C1. The Morgan fingerprint density at radius 2 is 2.47 bits per heavy atom. The lowest BCUT2D eigenvalue weighted by atomic mass is 10.1. The smallest absolute Gasteiger partial charge is 0.257 e. The number of piperidine rings is 1. The molecule has 1 fully saturated rings. The summed E-state index contributed by atoms with van der Waals surface area (Å²) in [6, 6.07) is 1.64. The summed E-state index contributed by atoms with van der Waals surface area (Å²) in [5.74, 6) is -0.0804. The Morgan fingerprint density at radius 3 is 3.07 bits per heavy atom. The minimum Gasteiger partial charge on any atom is -0.457 e. The maximum atomic E-state index is 11.9. The van der Waals surface area contributed by atoms with Crippen molar-refractivity contribution in [1.82, 2.24) is 4.90 Å². The number of β-amino-alcohol motifs (C(OH)–C–C–N with tert-alkyl or cyclic N) is 1. The molecule has 0 aromatic carbocycles. The summed E-state index contributed by atoms with van der Waals surface area (Å²) in [6.45, 7) is 1.13. The molecule has 15 heavy (non-hydrogen) atoms. The van der Waals surface area contributed by atoms with Crippen LogP contribution in [0.1, 0.15) is 23.2 Å². The molecule has 0 saturated carbocycles. The van der Waals surface area contributed by atoms with Crippen molar-refractivity contribution >= 4 is 21.8 Å². The van der Waals surface area contributed by atoms with Crippen LogP contribution >= 0.6 is 15.9 Å². The minimum absolute atomic E-state index is 0.0804. The molecule has 1 aliphatic heterocycles. The monoisotopic (exact) mass is 273 g/mol. The van der Waals surface area contributed by atoms with E-state index in [1.54, 1.807) is 11.0 Å². The number of carbonyl (C=O) groups is 1. The molecule has 1 aromatic heterocycles. The lowest BCUT2D eigenvalue weighted by Gasteiger charge is -2.29. The molecule has 0 unspecified atom stereocenters. The van der Waals surface area contributed by atoms with Crippen molar-refractivity contribution < 1.29 is 14.3 Å². The number of hydrogen-bond acceptors (Lipinski definition) is 3. The number of halogens is 1. The largest absolute Gasteiger partial charge is 0.457 e. The molecular weight excluding hydrogens is 262 g/mol. The average Bonchev–Trinajstić information content (AvgIpc) is 2.64. The van der Waals surface area contributed by atoms with Crippen LogP contribution in [0.3, 0.4) is 0 Å². The summed E-state index contributed by atoms with van der Waals surface area (Å²) in [4.78, 5) is 13.6. The van der Waals surface area contributed by atoms with Gasteiger partial charge in [0.25, 0.3) is 5.91 Å². The summed E-state index contributed by atoms with van der Waals surface area (Å²) in [7, 11) is 0. The van der Waals surface area contributed by atoms with Crippen molar-refractivity contribution in [3.8, 4) is 0 Å². The standard InChI is InChI=1S/C10H12BrNO3/c11-9-4-7(6-15-9)10(14)12-3-1-2-8(13)5-12/h4,6,8,13H,1-3,5H2/t8-/m0/s1. The zero-order chi connectivity index (χ0) is 10.8. The van der Waals surface area contributed by atoms with Crippen LogP contribution in [0.4, 0.5) is 0 Å². The first-order valence-electron chi connectivity index (χ1n) is 4.88. The van der Waals surface area contributed by atoms with Crippen LogP contribution in [-0.4, -0.2) is 35.1 Å². The lowest BCUT2D eigenvalue weighted by molar-refractivity contribution is 0.0473. The first-order valence-corrected chi connectivity index (χ1v) is 5.67. The van der Waals surface area contributed by atoms with Crippen LogP contribution in [0, 0.1) is 0 Å². The fraction of sp³-hybridized carbons (Fsp3) is 0.500. The second-order valence-electron chi connectivity index (χ2n) is 3.69. The number of amides is 1. The summed E-state index contributed by atoms with van der Waals surface area (Å²) in [6.07, 6.45) is 2.66. The molecular formula is C10H12BrNO3. The Morgan fingerprint density at radius 1 is 1.67 bits per heavy atom. The Kier molecular flexibility index (Phi) is 3.11. The normalized spacial score (nSPS) is 21.7. The minimum atomic E-state index is -0.391. The van der Waals surface area contributed by atoms with Crippen molar-refractivity contribution in [3.63, 3.8) is 0 Å². The molecule has 2 heterocycles. The third-order valence-corrected chi connectivity index (χ3v) is 2.91. The number of aliphatic hydroxyl groups is 1. The fourth-order valence-corrected chi connectivity index (χ4v) is 2.08. The average molecular weight is 274 g/mol. The summed E-state index contributed by atoms with van der Waals surface area (Å²) < 4.78 is 5.55. The number of furan rings is 1. The van der Waals surface area contributed by atoms with Crippen molar-refractivity contribution in [3.05, 3.63) is 22.6 Å². The predicted molar refractivity (Wildman–Crippen MR) is 57.6 cm³/mol.